The fraction of sp³-hybridized carbons (Fsp3) is 0.611. The molecule has 124 valence electrons. The molecule has 1 aliphatic carbocycles. The molecule has 0 bridgehead atoms. The largest absolute Gasteiger partial charge is 0.383 e. The van der Waals surface area contributed by atoms with Crippen LogP contribution < -0.4 is 5.32 Å². The Balaban J connectivity index is 1.63. The van der Waals surface area contributed by atoms with Crippen LogP contribution >= 0.6 is 0 Å². The van der Waals surface area contributed by atoms with Crippen LogP contribution in [0.15, 0.2) is 24.3 Å². The lowest BCUT2D eigenvalue weighted by atomic mass is 9.72. The summed E-state index contributed by atoms with van der Waals surface area (Å²) in [6.07, 6.45) is 2.53. The van der Waals surface area contributed by atoms with E-state index in [4.69, 9.17) is 14.7 Å². The summed E-state index contributed by atoms with van der Waals surface area (Å²) in [5.41, 5.74) is 1.92. The highest BCUT2D eigenvalue weighted by molar-refractivity contribution is 5.47. The Labute approximate surface area is 138 Å². The number of hydrogen-bond donors (Lipinski definition) is 1. The Morgan fingerprint density at radius 2 is 2.00 bits per heavy atom. The van der Waals surface area contributed by atoms with E-state index in [1.807, 2.05) is 24.3 Å². The number of nitriles is 1. The third-order valence-corrected chi connectivity index (χ3v) is 4.94. The van der Waals surface area contributed by atoms with Gasteiger partial charge in [0, 0.05) is 37.5 Å². The first kappa shape index (κ1) is 16.3. The Kier molecular flexibility index (Phi) is 5.16. The van der Waals surface area contributed by atoms with Crippen molar-refractivity contribution in [1.82, 2.24) is 4.90 Å². The molecule has 1 N–H and O–H groups in total. The molecule has 1 aromatic carbocycles. The maximum absolute atomic E-state index is 8.88. The molecular formula is C18H25N3O2. The van der Waals surface area contributed by atoms with E-state index in [0.29, 0.717) is 11.7 Å². The molecule has 1 heterocycles. The molecule has 2 fully saturated rings. The van der Waals surface area contributed by atoms with E-state index < -0.39 is 0 Å². The SMILES string of the molecule is CCOC1CC(CNc2ccc(C#N)cc2)(N2CCOCC2)C1. The van der Waals surface area contributed by atoms with Gasteiger partial charge in [-0.3, -0.25) is 4.90 Å². The lowest BCUT2D eigenvalue weighted by molar-refractivity contribution is -0.121. The zero-order valence-electron chi connectivity index (χ0n) is 13.8. The lowest BCUT2D eigenvalue weighted by Gasteiger charge is -2.55. The number of benzene rings is 1. The molecule has 23 heavy (non-hydrogen) atoms. The van der Waals surface area contributed by atoms with Crippen LogP contribution in [0, 0.1) is 11.3 Å². The third-order valence-electron chi connectivity index (χ3n) is 4.94. The normalized spacial score (nSPS) is 27.9. The van der Waals surface area contributed by atoms with E-state index in [-0.39, 0.29) is 5.54 Å². The number of nitrogens with one attached hydrogen (secondary N) is 1. The van der Waals surface area contributed by atoms with Gasteiger partial charge in [0.1, 0.15) is 0 Å². The third kappa shape index (κ3) is 3.66. The smallest absolute Gasteiger partial charge is 0.0991 e. The molecule has 5 nitrogen and oxygen atoms in total. The van der Waals surface area contributed by atoms with E-state index in [1.54, 1.807) is 0 Å². The van der Waals surface area contributed by atoms with E-state index in [9.17, 15) is 0 Å². The number of hydrogen-bond acceptors (Lipinski definition) is 5. The first-order valence-corrected chi connectivity index (χ1v) is 8.44. The Morgan fingerprint density at radius 1 is 1.30 bits per heavy atom. The molecule has 0 atom stereocenters. The van der Waals surface area contributed by atoms with Gasteiger partial charge in [-0.15, -0.1) is 0 Å². The van der Waals surface area contributed by atoms with Gasteiger partial charge in [-0.2, -0.15) is 5.26 Å². The van der Waals surface area contributed by atoms with Crippen molar-refractivity contribution in [3.63, 3.8) is 0 Å². The highest BCUT2D eigenvalue weighted by Crippen LogP contribution is 2.40. The van der Waals surface area contributed by atoms with Crippen molar-refractivity contribution in [2.24, 2.45) is 0 Å². The van der Waals surface area contributed by atoms with Crippen LogP contribution in [-0.4, -0.2) is 56.0 Å². The molecule has 1 saturated carbocycles. The Hall–Kier alpha value is -1.61. The standard InChI is InChI=1S/C18H25N3O2/c1-2-23-17-11-18(12-17,21-7-9-22-10-8-21)14-20-16-5-3-15(13-19)4-6-16/h3-6,17,20H,2,7-12,14H2,1H3. The first-order chi connectivity index (χ1) is 11.3. The van der Waals surface area contributed by atoms with Crippen molar-refractivity contribution in [2.75, 3.05) is 44.8 Å². The summed E-state index contributed by atoms with van der Waals surface area (Å²) in [6, 6.07) is 9.82. The van der Waals surface area contributed by atoms with E-state index in [0.717, 1.165) is 58.0 Å². The second kappa shape index (κ2) is 7.31. The number of nitrogens with zero attached hydrogens (tertiary/aromatic N) is 2. The van der Waals surface area contributed by atoms with Crippen molar-refractivity contribution in [3.05, 3.63) is 29.8 Å². The average Bonchev–Trinajstić information content (AvgIpc) is 2.58. The van der Waals surface area contributed by atoms with Crippen LogP contribution in [0.3, 0.4) is 0 Å². The van der Waals surface area contributed by atoms with Crippen molar-refractivity contribution < 1.29 is 9.47 Å². The summed E-state index contributed by atoms with van der Waals surface area (Å²) in [5, 5.41) is 12.4. The van der Waals surface area contributed by atoms with Gasteiger partial charge in [-0.1, -0.05) is 0 Å². The van der Waals surface area contributed by atoms with Gasteiger partial charge < -0.3 is 14.8 Å². The summed E-state index contributed by atoms with van der Waals surface area (Å²) in [5.74, 6) is 0. The molecule has 1 saturated heterocycles. The van der Waals surface area contributed by atoms with Crippen LogP contribution in [0.25, 0.3) is 0 Å². The monoisotopic (exact) mass is 315 g/mol. The number of ether oxygens (including phenoxy) is 2. The maximum Gasteiger partial charge on any atom is 0.0991 e. The van der Waals surface area contributed by atoms with Crippen molar-refractivity contribution >= 4 is 5.69 Å². The van der Waals surface area contributed by atoms with Crippen LogP contribution in [-0.2, 0) is 9.47 Å². The molecule has 1 aliphatic heterocycles. The fourth-order valence-electron chi connectivity index (χ4n) is 3.62. The summed E-state index contributed by atoms with van der Waals surface area (Å²) in [7, 11) is 0. The topological polar surface area (TPSA) is 57.5 Å². The summed E-state index contributed by atoms with van der Waals surface area (Å²) >= 11 is 0. The van der Waals surface area contributed by atoms with Gasteiger partial charge in [-0.05, 0) is 44.0 Å². The fourth-order valence-corrected chi connectivity index (χ4v) is 3.62. The Bertz CT molecular complexity index is 540. The van der Waals surface area contributed by atoms with Gasteiger partial charge >= 0.3 is 0 Å². The van der Waals surface area contributed by atoms with E-state index in [1.165, 1.54) is 0 Å². The van der Waals surface area contributed by atoms with Crippen LogP contribution in [0.4, 0.5) is 5.69 Å². The van der Waals surface area contributed by atoms with Crippen molar-refractivity contribution in [3.8, 4) is 6.07 Å². The molecule has 3 rings (SSSR count). The molecule has 0 amide bonds. The van der Waals surface area contributed by atoms with Crippen LogP contribution in [0.1, 0.15) is 25.3 Å². The van der Waals surface area contributed by atoms with Crippen LogP contribution in [0.2, 0.25) is 0 Å². The van der Waals surface area contributed by atoms with Crippen molar-refractivity contribution in [2.45, 2.75) is 31.4 Å². The zero-order chi connectivity index (χ0) is 16.1. The summed E-state index contributed by atoms with van der Waals surface area (Å²) in [6.45, 7) is 7.37. The maximum atomic E-state index is 8.88. The lowest BCUT2D eigenvalue weighted by Crippen LogP contribution is -2.65. The second-order valence-corrected chi connectivity index (χ2v) is 6.35. The Morgan fingerprint density at radius 3 is 2.61 bits per heavy atom. The van der Waals surface area contributed by atoms with E-state index in [2.05, 4.69) is 23.2 Å². The number of morpholine rings is 1. The minimum Gasteiger partial charge on any atom is -0.383 e. The van der Waals surface area contributed by atoms with Gasteiger partial charge in [-0.25, -0.2) is 0 Å². The molecule has 5 heteroatoms. The first-order valence-electron chi connectivity index (χ1n) is 8.44. The predicted octanol–water partition coefficient (Wildman–Crippen LogP) is 2.24. The number of anilines is 1. The average molecular weight is 315 g/mol. The van der Waals surface area contributed by atoms with E-state index >= 15 is 0 Å². The minimum absolute atomic E-state index is 0.164. The minimum atomic E-state index is 0.164. The predicted molar refractivity (Wildman–Crippen MR) is 89.4 cm³/mol. The van der Waals surface area contributed by atoms with Gasteiger partial charge in [0.2, 0.25) is 0 Å². The summed E-state index contributed by atoms with van der Waals surface area (Å²) < 4.78 is 11.3. The van der Waals surface area contributed by atoms with Crippen molar-refractivity contribution in [1.29, 1.82) is 5.26 Å². The molecule has 0 unspecified atom stereocenters. The molecule has 1 aromatic rings. The molecule has 0 radical (unpaired) electrons. The highest BCUT2D eigenvalue weighted by atomic mass is 16.5. The van der Waals surface area contributed by atoms with Gasteiger partial charge in [0.25, 0.3) is 0 Å². The van der Waals surface area contributed by atoms with Gasteiger partial charge in [0.05, 0.1) is 31.0 Å². The number of rotatable bonds is 6. The molecule has 0 aromatic heterocycles. The summed E-state index contributed by atoms with van der Waals surface area (Å²) in [4.78, 5) is 2.56. The molecule has 0 spiro atoms. The quantitative estimate of drug-likeness (QED) is 0.872. The van der Waals surface area contributed by atoms with Gasteiger partial charge in [0.15, 0.2) is 0 Å². The highest BCUT2D eigenvalue weighted by Gasteiger charge is 2.49. The molecule has 2 aliphatic rings. The molecular weight excluding hydrogens is 290 g/mol. The second-order valence-electron chi connectivity index (χ2n) is 6.35. The zero-order valence-corrected chi connectivity index (χ0v) is 13.8. The van der Waals surface area contributed by atoms with Crippen LogP contribution in [0.5, 0.6) is 0 Å².